The molecular weight excluding hydrogens is 207 g/mol. The first-order valence-corrected chi connectivity index (χ1v) is 4.13. The summed E-state index contributed by atoms with van der Waals surface area (Å²) in [5.41, 5.74) is -0.00993. The van der Waals surface area contributed by atoms with E-state index in [4.69, 9.17) is 0 Å². The van der Waals surface area contributed by atoms with Crippen LogP contribution in [0, 0.1) is 0 Å². The summed E-state index contributed by atoms with van der Waals surface area (Å²) in [7, 11) is 1.15. The third-order valence-electron chi connectivity index (χ3n) is 1.84. The van der Waals surface area contributed by atoms with Gasteiger partial charge in [-0.2, -0.15) is 13.2 Å². The van der Waals surface area contributed by atoms with Gasteiger partial charge in [0, 0.05) is 6.20 Å². The minimum Gasteiger partial charge on any atom is -0.481 e. The number of pyridine rings is 1. The summed E-state index contributed by atoms with van der Waals surface area (Å²) in [6, 6.07) is 0.980. The Morgan fingerprint density at radius 2 is 2.07 bits per heavy atom. The van der Waals surface area contributed by atoms with E-state index >= 15 is 0 Å². The number of allylic oxidation sites excluding steroid dienone is 1. The number of aromatic nitrogens is 1. The van der Waals surface area contributed by atoms with Crippen LogP contribution in [0.5, 0.6) is 5.88 Å². The van der Waals surface area contributed by atoms with E-state index in [1.54, 1.807) is 6.92 Å². The lowest BCUT2D eigenvalue weighted by molar-refractivity contribution is -0.139. The third kappa shape index (κ3) is 2.49. The van der Waals surface area contributed by atoms with E-state index in [1.165, 1.54) is 6.20 Å². The van der Waals surface area contributed by atoms with Crippen LogP contribution in [-0.2, 0) is 6.18 Å². The Morgan fingerprint density at radius 1 is 1.47 bits per heavy atom. The van der Waals surface area contributed by atoms with E-state index in [9.17, 15) is 13.2 Å². The Hall–Kier alpha value is -1.52. The molecule has 0 aliphatic rings. The number of rotatable bonds is 2. The molecule has 0 radical (unpaired) electrons. The Labute approximate surface area is 85.4 Å². The summed E-state index contributed by atoms with van der Waals surface area (Å²) >= 11 is 0. The molecule has 82 valence electrons. The number of halogens is 3. The lowest BCUT2D eigenvalue weighted by Gasteiger charge is -2.12. The first kappa shape index (κ1) is 11.6. The molecule has 2 nitrogen and oxygen atoms in total. The second-order valence-corrected chi connectivity index (χ2v) is 3.06. The molecule has 0 aliphatic carbocycles. The smallest absolute Gasteiger partial charge is 0.421 e. The fourth-order valence-electron chi connectivity index (χ4n) is 1.05. The summed E-state index contributed by atoms with van der Waals surface area (Å²) in [6.07, 6.45) is -3.17. The molecule has 1 heterocycles. The molecular formula is C10H10F3NO. The average Bonchev–Trinajstić information content (AvgIpc) is 2.15. The largest absolute Gasteiger partial charge is 0.481 e. The Morgan fingerprint density at radius 3 is 2.47 bits per heavy atom. The molecule has 0 aliphatic heterocycles. The van der Waals surface area contributed by atoms with Crippen LogP contribution in [0.15, 0.2) is 18.8 Å². The van der Waals surface area contributed by atoms with Crippen LogP contribution in [0.3, 0.4) is 0 Å². The lowest BCUT2D eigenvalue weighted by Crippen LogP contribution is -2.09. The molecule has 5 heteroatoms. The van der Waals surface area contributed by atoms with Crippen molar-refractivity contribution in [3.63, 3.8) is 0 Å². The second-order valence-electron chi connectivity index (χ2n) is 3.06. The van der Waals surface area contributed by atoms with Gasteiger partial charge in [0.1, 0.15) is 5.56 Å². The van der Waals surface area contributed by atoms with Crippen LogP contribution < -0.4 is 4.74 Å². The zero-order valence-corrected chi connectivity index (χ0v) is 8.35. The summed E-state index contributed by atoms with van der Waals surface area (Å²) in [5, 5.41) is 0. The number of methoxy groups -OCH3 is 1. The molecule has 0 fully saturated rings. The molecule has 0 unspecified atom stereocenters. The summed E-state index contributed by atoms with van der Waals surface area (Å²) in [6.45, 7) is 5.17. The van der Waals surface area contributed by atoms with Crippen molar-refractivity contribution in [2.45, 2.75) is 13.1 Å². The zero-order chi connectivity index (χ0) is 11.6. The van der Waals surface area contributed by atoms with Crippen LogP contribution in [0.25, 0.3) is 5.57 Å². The quantitative estimate of drug-likeness (QED) is 0.759. The van der Waals surface area contributed by atoms with Gasteiger partial charge in [-0.05, 0) is 24.1 Å². The molecule has 0 spiro atoms. The van der Waals surface area contributed by atoms with Gasteiger partial charge in [-0.15, -0.1) is 0 Å². The molecule has 0 atom stereocenters. The highest BCUT2D eigenvalue weighted by molar-refractivity contribution is 5.61. The third-order valence-corrected chi connectivity index (χ3v) is 1.84. The second kappa shape index (κ2) is 3.92. The van der Waals surface area contributed by atoms with Crippen LogP contribution in [0.1, 0.15) is 18.1 Å². The van der Waals surface area contributed by atoms with E-state index in [0.29, 0.717) is 11.1 Å². The maximum absolute atomic E-state index is 12.5. The molecule has 1 aromatic heterocycles. The Balaban J connectivity index is 3.32. The molecule has 0 bridgehead atoms. The molecule has 0 saturated carbocycles. The van der Waals surface area contributed by atoms with Gasteiger partial charge in [0.2, 0.25) is 5.88 Å². The van der Waals surface area contributed by atoms with Crippen molar-refractivity contribution in [2.75, 3.05) is 7.11 Å². The van der Waals surface area contributed by atoms with Gasteiger partial charge in [0.05, 0.1) is 7.11 Å². The fourth-order valence-corrected chi connectivity index (χ4v) is 1.05. The van der Waals surface area contributed by atoms with E-state index < -0.39 is 17.6 Å². The predicted octanol–water partition coefficient (Wildman–Crippen LogP) is 3.14. The zero-order valence-electron chi connectivity index (χ0n) is 8.35. The van der Waals surface area contributed by atoms with Crippen molar-refractivity contribution in [1.82, 2.24) is 4.98 Å². The van der Waals surface area contributed by atoms with Gasteiger partial charge >= 0.3 is 6.18 Å². The molecule has 0 aromatic carbocycles. The predicted molar refractivity (Wildman–Crippen MR) is 50.5 cm³/mol. The molecule has 0 amide bonds. The highest BCUT2D eigenvalue weighted by atomic mass is 19.4. The SMILES string of the molecule is C=C(C)c1cnc(OC)c(C(F)(F)F)c1. The maximum atomic E-state index is 12.5. The minimum absolute atomic E-state index is 0.350. The molecule has 0 saturated heterocycles. The number of ether oxygens (including phenoxy) is 1. The van der Waals surface area contributed by atoms with Crippen LogP contribution >= 0.6 is 0 Å². The minimum atomic E-state index is -4.47. The van der Waals surface area contributed by atoms with Gasteiger partial charge in [-0.3, -0.25) is 0 Å². The summed E-state index contributed by atoms with van der Waals surface area (Å²) < 4.78 is 42.1. The van der Waals surface area contributed by atoms with Crippen molar-refractivity contribution in [2.24, 2.45) is 0 Å². The Kier molecular flexibility index (Phi) is 3.02. The summed E-state index contributed by atoms with van der Waals surface area (Å²) in [4.78, 5) is 3.58. The molecule has 1 aromatic rings. The highest BCUT2D eigenvalue weighted by Crippen LogP contribution is 2.36. The van der Waals surface area contributed by atoms with Gasteiger partial charge in [0.25, 0.3) is 0 Å². The number of hydrogen-bond donors (Lipinski definition) is 0. The Bertz CT molecular complexity index is 385. The van der Waals surface area contributed by atoms with Crippen molar-refractivity contribution in [1.29, 1.82) is 0 Å². The van der Waals surface area contributed by atoms with E-state index in [2.05, 4.69) is 16.3 Å². The van der Waals surface area contributed by atoms with Gasteiger partial charge in [-0.1, -0.05) is 6.58 Å². The van der Waals surface area contributed by atoms with E-state index in [0.717, 1.165) is 13.2 Å². The standard InChI is InChI=1S/C10H10F3NO/c1-6(2)7-4-8(10(11,12)13)9(15-3)14-5-7/h4-5H,1H2,2-3H3. The van der Waals surface area contributed by atoms with Crippen LogP contribution in [-0.4, -0.2) is 12.1 Å². The average molecular weight is 217 g/mol. The van der Waals surface area contributed by atoms with E-state index in [-0.39, 0.29) is 0 Å². The normalized spacial score (nSPS) is 11.3. The van der Waals surface area contributed by atoms with Crippen molar-refractivity contribution < 1.29 is 17.9 Å². The summed E-state index contributed by atoms with van der Waals surface area (Å²) in [5.74, 6) is -0.424. The molecule has 1 rings (SSSR count). The van der Waals surface area contributed by atoms with Gasteiger partial charge in [0.15, 0.2) is 0 Å². The first-order valence-electron chi connectivity index (χ1n) is 4.13. The van der Waals surface area contributed by atoms with Gasteiger partial charge < -0.3 is 4.74 Å². The van der Waals surface area contributed by atoms with Gasteiger partial charge in [-0.25, -0.2) is 4.98 Å². The fraction of sp³-hybridized carbons (Fsp3) is 0.300. The van der Waals surface area contributed by atoms with Crippen molar-refractivity contribution in [3.8, 4) is 5.88 Å². The number of alkyl halides is 3. The topological polar surface area (TPSA) is 22.1 Å². The number of nitrogens with zero attached hydrogens (tertiary/aromatic N) is 1. The molecule has 0 N–H and O–H groups in total. The van der Waals surface area contributed by atoms with Crippen LogP contribution in [0.4, 0.5) is 13.2 Å². The lowest BCUT2D eigenvalue weighted by atomic mass is 10.1. The first-order chi connectivity index (χ1) is 6.86. The molecule has 15 heavy (non-hydrogen) atoms. The monoisotopic (exact) mass is 217 g/mol. The van der Waals surface area contributed by atoms with E-state index in [1.807, 2.05) is 0 Å². The van der Waals surface area contributed by atoms with Crippen molar-refractivity contribution in [3.05, 3.63) is 30.0 Å². The van der Waals surface area contributed by atoms with Crippen LogP contribution in [0.2, 0.25) is 0 Å². The van der Waals surface area contributed by atoms with Crippen molar-refractivity contribution >= 4 is 5.57 Å². The highest BCUT2D eigenvalue weighted by Gasteiger charge is 2.35. The number of hydrogen-bond acceptors (Lipinski definition) is 2. The maximum Gasteiger partial charge on any atom is 0.421 e.